The minimum Gasteiger partial charge on any atom is -0.487 e. The lowest BCUT2D eigenvalue weighted by atomic mass is 9.95. The number of amides is 4. The number of piperidine rings is 1. The number of halogens is 1. The molecule has 1 atom stereocenters. The van der Waals surface area contributed by atoms with Crippen molar-refractivity contribution in [2.45, 2.75) is 52.6 Å². The zero-order valence-electron chi connectivity index (χ0n) is 36.9. The molecule has 15 nitrogen and oxygen atoms in total. The van der Waals surface area contributed by atoms with Crippen molar-refractivity contribution in [1.82, 2.24) is 40.0 Å². The third kappa shape index (κ3) is 8.36. The van der Waals surface area contributed by atoms with Crippen LogP contribution in [0.2, 0.25) is 0 Å². The number of imide groups is 1. The summed E-state index contributed by atoms with van der Waals surface area (Å²) < 4.78 is 22.6. The number of urea groups is 1. The van der Waals surface area contributed by atoms with Crippen molar-refractivity contribution in [2.24, 2.45) is 11.8 Å². The highest BCUT2D eigenvalue weighted by Crippen LogP contribution is 2.39. The molecule has 0 spiro atoms. The first-order valence-corrected chi connectivity index (χ1v) is 22.8. The van der Waals surface area contributed by atoms with Crippen LogP contribution in [0.3, 0.4) is 0 Å². The maximum absolute atomic E-state index is 16.2. The average molecular weight is 870 g/mol. The molecule has 3 aromatic heterocycles. The van der Waals surface area contributed by atoms with Gasteiger partial charge in [0.15, 0.2) is 11.6 Å². The molecule has 10 rings (SSSR count). The zero-order chi connectivity index (χ0) is 44.1. The molecular formula is C48H56FN11O4. The number of nitrogens with zero attached hydrogens (tertiary/aromatic N) is 9. The maximum Gasteiger partial charge on any atom is 0.328 e. The number of benzene rings is 2. The number of anilines is 3. The number of aromatic nitrogens is 4. The molecular weight excluding hydrogens is 814 g/mol. The van der Waals surface area contributed by atoms with E-state index >= 15 is 4.39 Å². The van der Waals surface area contributed by atoms with E-state index in [1.54, 1.807) is 17.9 Å². The van der Waals surface area contributed by atoms with Gasteiger partial charge in [0, 0.05) is 118 Å². The van der Waals surface area contributed by atoms with Crippen LogP contribution in [0.25, 0.3) is 33.5 Å². The predicted octanol–water partition coefficient (Wildman–Crippen LogP) is 5.68. The van der Waals surface area contributed by atoms with Gasteiger partial charge in [-0.2, -0.15) is 0 Å². The van der Waals surface area contributed by atoms with Crippen molar-refractivity contribution in [3.63, 3.8) is 0 Å². The average Bonchev–Trinajstić information content (AvgIpc) is 3.74. The minimum absolute atomic E-state index is 0.0761. The van der Waals surface area contributed by atoms with Crippen LogP contribution >= 0.6 is 0 Å². The van der Waals surface area contributed by atoms with Gasteiger partial charge in [-0.25, -0.2) is 24.1 Å². The molecule has 4 saturated heterocycles. The summed E-state index contributed by atoms with van der Waals surface area (Å²) >= 11 is 0. The van der Waals surface area contributed by atoms with Gasteiger partial charge in [-0.05, 0) is 85.2 Å². The first-order valence-electron chi connectivity index (χ1n) is 22.8. The maximum atomic E-state index is 16.2. The van der Waals surface area contributed by atoms with E-state index in [0.29, 0.717) is 78.9 Å². The van der Waals surface area contributed by atoms with Crippen LogP contribution < -0.4 is 24.8 Å². The highest BCUT2D eigenvalue weighted by Gasteiger charge is 2.36. The number of pyridine rings is 1. The van der Waals surface area contributed by atoms with E-state index in [1.165, 1.54) is 6.33 Å². The molecule has 8 heterocycles. The molecule has 5 aliphatic rings. The zero-order valence-corrected chi connectivity index (χ0v) is 36.9. The van der Waals surface area contributed by atoms with E-state index in [9.17, 15) is 14.4 Å². The van der Waals surface area contributed by atoms with Crippen LogP contribution in [-0.4, -0.2) is 137 Å². The van der Waals surface area contributed by atoms with Crippen LogP contribution in [0.1, 0.15) is 44.2 Å². The van der Waals surface area contributed by atoms with Gasteiger partial charge < -0.3 is 24.4 Å². The summed E-state index contributed by atoms with van der Waals surface area (Å²) in [5.74, 6) is 2.23. The lowest BCUT2D eigenvalue weighted by molar-refractivity contribution is -0.136. The van der Waals surface area contributed by atoms with Crippen LogP contribution in [-0.2, 0) is 16.1 Å². The largest absolute Gasteiger partial charge is 0.487 e. The van der Waals surface area contributed by atoms with Gasteiger partial charge in [0.2, 0.25) is 11.8 Å². The first kappa shape index (κ1) is 41.9. The molecule has 5 aliphatic heterocycles. The minimum atomic E-state index is -0.361. The Hall–Kier alpha value is -6.13. The normalized spacial score (nSPS) is 20.2. The number of carbonyl (C=O) groups is 3. The Morgan fingerprint density at radius 2 is 1.69 bits per heavy atom. The molecule has 4 amide bonds. The van der Waals surface area contributed by atoms with Gasteiger partial charge in [-0.15, -0.1) is 0 Å². The fraction of sp³-hybridized carbons (Fsp3) is 0.458. The molecule has 2 N–H and O–H groups in total. The second-order valence-electron chi connectivity index (χ2n) is 18.5. The van der Waals surface area contributed by atoms with Crippen molar-refractivity contribution in [2.75, 3.05) is 93.3 Å². The Bertz CT molecular complexity index is 2570. The van der Waals surface area contributed by atoms with Crippen LogP contribution in [0.4, 0.5) is 26.4 Å². The molecule has 0 saturated carbocycles. The molecule has 5 aromatic rings. The number of rotatable bonds is 10. The van der Waals surface area contributed by atoms with E-state index in [-0.39, 0.29) is 29.7 Å². The number of hydrogen-bond acceptors (Lipinski definition) is 11. The number of hydrogen-bond donors (Lipinski definition) is 2. The smallest absolute Gasteiger partial charge is 0.328 e. The van der Waals surface area contributed by atoms with Gasteiger partial charge >= 0.3 is 6.03 Å². The molecule has 334 valence electrons. The first-order chi connectivity index (χ1) is 31.0. The van der Waals surface area contributed by atoms with E-state index in [1.807, 2.05) is 41.4 Å². The Kier molecular flexibility index (Phi) is 11.4. The van der Waals surface area contributed by atoms with E-state index in [4.69, 9.17) is 9.72 Å². The SMILES string of the molecule is Cc1c(CN2CCN(CC(C)C)CC2=O)ccc(-c2ncnc3[nH]c(-c4cnc5c(c4)OC[C@H]4CN(CC6CCN(c7ccc(N8CCC(=O)NC8=O)cc7)CC6)CCN54)cc23)c1F. The van der Waals surface area contributed by atoms with Crippen molar-refractivity contribution >= 4 is 46.1 Å². The van der Waals surface area contributed by atoms with Gasteiger partial charge in [-0.3, -0.25) is 29.6 Å². The Balaban J connectivity index is 0.754. The van der Waals surface area contributed by atoms with Gasteiger partial charge in [0.25, 0.3) is 0 Å². The monoisotopic (exact) mass is 869 g/mol. The third-order valence-corrected chi connectivity index (χ3v) is 13.7. The Morgan fingerprint density at radius 1 is 0.891 bits per heavy atom. The standard InChI is InChI=1S/C48H56FN11O4/c1-30(2)23-55-16-18-58(43(62)27-55)25-33-4-9-38(44(49)31(33)3)45-39-21-40(53-46(39)52-29-51-45)34-20-41-47(50-22-34)59-19-17-56(26-37(59)28-64-41)24-32-10-13-57(14-11-32)35-5-7-36(8-6-35)60-15-12-42(61)54-48(60)63/h4-9,20-22,29-30,32,37H,10-19,23-28H2,1-3H3,(H,51,52,53)(H,54,61,63)/t37-/m1/s1. The second-order valence-corrected chi connectivity index (χ2v) is 18.5. The quantitative estimate of drug-likeness (QED) is 0.179. The summed E-state index contributed by atoms with van der Waals surface area (Å²) in [5.41, 5.74) is 6.41. The Labute approximate surface area is 372 Å². The molecule has 0 aliphatic carbocycles. The van der Waals surface area contributed by atoms with Crippen LogP contribution in [0, 0.1) is 24.6 Å². The number of ether oxygens (including phenoxy) is 1. The lowest BCUT2D eigenvalue weighted by Crippen LogP contribution is -2.58. The highest BCUT2D eigenvalue weighted by atomic mass is 19.1. The van der Waals surface area contributed by atoms with E-state index < -0.39 is 0 Å². The summed E-state index contributed by atoms with van der Waals surface area (Å²) in [6.45, 7) is 16.0. The molecule has 0 unspecified atom stereocenters. The highest BCUT2D eigenvalue weighted by molar-refractivity contribution is 6.05. The summed E-state index contributed by atoms with van der Waals surface area (Å²) in [7, 11) is 0. The van der Waals surface area contributed by atoms with Crippen molar-refractivity contribution in [3.8, 4) is 28.3 Å². The van der Waals surface area contributed by atoms with Crippen molar-refractivity contribution in [3.05, 3.63) is 78.0 Å². The van der Waals surface area contributed by atoms with Gasteiger partial charge in [0.05, 0.1) is 18.3 Å². The summed E-state index contributed by atoms with van der Waals surface area (Å²) in [5, 5.41) is 3.10. The number of nitrogens with one attached hydrogen (secondary N) is 2. The fourth-order valence-electron chi connectivity index (χ4n) is 10.2. The van der Waals surface area contributed by atoms with Gasteiger partial charge in [-0.1, -0.05) is 19.9 Å². The predicted molar refractivity (Wildman–Crippen MR) is 244 cm³/mol. The van der Waals surface area contributed by atoms with Crippen LogP contribution in [0.5, 0.6) is 5.75 Å². The van der Waals surface area contributed by atoms with E-state index in [2.05, 4.69) is 65.8 Å². The number of aromatic amines is 1. The molecule has 4 fully saturated rings. The summed E-state index contributed by atoms with van der Waals surface area (Å²) in [6, 6.07) is 15.6. The van der Waals surface area contributed by atoms with Crippen molar-refractivity contribution < 1.29 is 23.5 Å². The van der Waals surface area contributed by atoms with Crippen LogP contribution in [0.15, 0.2) is 61.1 Å². The topological polar surface area (TPSA) is 146 Å². The third-order valence-electron chi connectivity index (χ3n) is 13.7. The molecule has 2 aromatic carbocycles. The van der Waals surface area contributed by atoms with Crippen molar-refractivity contribution in [1.29, 1.82) is 0 Å². The number of H-pyrrole nitrogens is 1. The lowest BCUT2D eigenvalue weighted by Gasteiger charge is -2.46. The number of piperazine rings is 2. The molecule has 16 heteroatoms. The fourth-order valence-corrected chi connectivity index (χ4v) is 10.2. The number of carbonyl (C=O) groups excluding carboxylic acids is 3. The summed E-state index contributed by atoms with van der Waals surface area (Å²) in [4.78, 5) is 67.3. The summed E-state index contributed by atoms with van der Waals surface area (Å²) in [6.07, 6.45) is 5.88. The second kappa shape index (κ2) is 17.4. The van der Waals surface area contributed by atoms with E-state index in [0.717, 1.165) is 105 Å². The number of fused-ring (bicyclic) bond motifs is 4. The molecule has 0 bridgehead atoms. The molecule has 0 radical (unpaired) electrons. The Morgan fingerprint density at radius 3 is 2.47 bits per heavy atom. The molecule has 64 heavy (non-hydrogen) atoms. The van der Waals surface area contributed by atoms with Gasteiger partial charge in [0.1, 0.15) is 24.4 Å².